The molecule has 3 rings (SSSR count). The maximum Gasteiger partial charge on any atom is 0.254 e. The maximum atomic E-state index is 13.8. The lowest BCUT2D eigenvalue weighted by Crippen LogP contribution is -2.27. The average molecular weight is 362 g/mol. The highest BCUT2D eigenvalue weighted by atomic mass is 79.9. The molecule has 112 valence electrons. The van der Waals surface area contributed by atoms with Crippen LogP contribution in [0.3, 0.4) is 0 Å². The Bertz CT molecular complexity index is 811. The molecule has 1 amide bonds. The van der Waals surface area contributed by atoms with Gasteiger partial charge in [-0.05, 0) is 37.3 Å². The summed E-state index contributed by atoms with van der Waals surface area (Å²) in [6, 6.07) is 13.5. The van der Waals surface area contributed by atoms with Gasteiger partial charge in [0.1, 0.15) is 17.2 Å². The molecule has 2 aromatic carbocycles. The van der Waals surface area contributed by atoms with Gasteiger partial charge in [0, 0.05) is 9.86 Å². The number of carbonyl (C=O) groups is 1. The highest BCUT2D eigenvalue weighted by molar-refractivity contribution is 9.10. The van der Waals surface area contributed by atoms with Gasteiger partial charge in [0.25, 0.3) is 5.91 Å². The zero-order chi connectivity index (χ0) is 15.7. The highest BCUT2D eigenvalue weighted by Crippen LogP contribution is 2.24. The molecule has 0 bridgehead atoms. The Hall–Kier alpha value is -2.14. The molecular weight excluding hydrogens is 349 g/mol. The van der Waals surface area contributed by atoms with Gasteiger partial charge in [0.15, 0.2) is 0 Å². The minimum Gasteiger partial charge on any atom is -0.459 e. The minimum absolute atomic E-state index is 0.00570. The molecule has 0 aliphatic rings. The summed E-state index contributed by atoms with van der Waals surface area (Å²) in [5, 5.41) is 3.71. The van der Waals surface area contributed by atoms with Gasteiger partial charge in [-0.2, -0.15) is 0 Å². The molecule has 0 saturated carbocycles. The van der Waals surface area contributed by atoms with Gasteiger partial charge < -0.3 is 9.73 Å². The molecule has 1 N–H and O–H groups in total. The Morgan fingerprint density at radius 3 is 2.73 bits per heavy atom. The van der Waals surface area contributed by atoms with Crippen LogP contribution in [-0.2, 0) is 0 Å². The van der Waals surface area contributed by atoms with Crippen LogP contribution in [0.25, 0.3) is 11.0 Å². The first-order chi connectivity index (χ1) is 10.5. The van der Waals surface area contributed by atoms with Gasteiger partial charge >= 0.3 is 0 Å². The SMILES string of the molecule is C[C@H](NC(=O)c1ccc(Br)cc1F)c1cc2ccccc2o1. The number of amides is 1. The third-order valence-corrected chi connectivity index (χ3v) is 3.89. The van der Waals surface area contributed by atoms with Crippen LogP contribution in [0.5, 0.6) is 0 Å². The van der Waals surface area contributed by atoms with Gasteiger partial charge in [0.2, 0.25) is 0 Å². The van der Waals surface area contributed by atoms with Crippen LogP contribution in [0.2, 0.25) is 0 Å². The van der Waals surface area contributed by atoms with E-state index in [9.17, 15) is 9.18 Å². The van der Waals surface area contributed by atoms with Crippen molar-refractivity contribution in [2.24, 2.45) is 0 Å². The lowest BCUT2D eigenvalue weighted by Gasteiger charge is -2.12. The van der Waals surface area contributed by atoms with Gasteiger partial charge in [-0.3, -0.25) is 4.79 Å². The molecule has 0 unspecified atom stereocenters. The summed E-state index contributed by atoms with van der Waals surface area (Å²) in [5.74, 6) is -0.409. The fourth-order valence-corrected chi connectivity index (χ4v) is 2.57. The van der Waals surface area contributed by atoms with Gasteiger partial charge in [-0.15, -0.1) is 0 Å². The van der Waals surface area contributed by atoms with E-state index in [1.807, 2.05) is 30.3 Å². The number of carbonyl (C=O) groups excluding carboxylic acids is 1. The molecule has 0 fully saturated rings. The largest absolute Gasteiger partial charge is 0.459 e. The fourth-order valence-electron chi connectivity index (χ4n) is 2.23. The second-order valence-electron chi connectivity index (χ2n) is 5.01. The number of halogens is 2. The van der Waals surface area contributed by atoms with Gasteiger partial charge in [-0.25, -0.2) is 4.39 Å². The van der Waals surface area contributed by atoms with Crippen LogP contribution in [0.15, 0.2) is 57.4 Å². The zero-order valence-corrected chi connectivity index (χ0v) is 13.4. The van der Waals surface area contributed by atoms with E-state index in [4.69, 9.17) is 4.42 Å². The molecule has 1 aromatic heterocycles. The molecule has 1 atom stereocenters. The Morgan fingerprint density at radius 1 is 1.23 bits per heavy atom. The number of nitrogens with one attached hydrogen (secondary N) is 1. The molecule has 0 saturated heterocycles. The number of rotatable bonds is 3. The van der Waals surface area contributed by atoms with Crippen molar-refractivity contribution in [2.45, 2.75) is 13.0 Å². The average Bonchev–Trinajstić information content (AvgIpc) is 2.91. The van der Waals surface area contributed by atoms with E-state index >= 15 is 0 Å². The normalized spacial score (nSPS) is 12.3. The van der Waals surface area contributed by atoms with E-state index in [-0.39, 0.29) is 11.6 Å². The van der Waals surface area contributed by atoms with Crippen LogP contribution < -0.4 is 5.32 Å². The Morgan fingerprint density at radius 2 is 2.00 bits per heavy atom. The van der Waals surface area contributed by atoms with Crippen LogP contribution in [-0.4, -0.2) is 5.91 Å². The van der Waals surface area contributed by atoms with E-state index in [0.29, 0.717) is 10.2 Å². The first-order valence-corrected chi connectivity index (χ1v) is 7.58. The second-order valence-corrected chi connectivity index (χ2v) is 5.92. The summed E-state index contributed by atoms with van der Waals surface area (Å²) in [7, 11) is 0. The molecule has 0 radical (unpaired) electrons. The number of benzene rings is 2. The Kier molecular flexibility index (Phi) is 3.98. The molecule has 0 spiro atoms. The predicted octanol–water partition coefficient (Wildman–Crippen LogP) is 4.83. The Labute approximate surface area is 135 Å². The third kappa shape index (κ3) is 2.90. The van der Waals surface area contributed by atoms with Crippen molar-refractivity contribution < 1.29 is 13.6 Å². The summed E-state index contributed by atoms with van der Waals surface area (Å²) < 4.78 is 20.1. The van der Waals surface area contributed by atoms with E-state index in [2.05, 4.69) is 21.2 Å². The monoisotopic (exact) mass is 361 g/mol. The maximum absolute atomic E-state index is 13.8. The first-order valence-electron chi connectivity index (χ1n) is 6.79. The molecule has 0 aliphatic heterocycles. The standard InChI is InChI=1S/C17H13BrFNO2/c1-10(16-8-11-4-2-3-5-15(11)22-16)20-17(21)13-7-6-12(18)9-14(13)19/h2-10H,1H3,(H,20,21)/t10-/m0/s1. The molecule has 3 nitrogen and oxygen atoms in total. The van der Waals surface area contributed by atoms with Crippen LogP contribution in [0, 0.1) is 5.82 Å². The van der Waals surface area contributed by atoms with Crippen LogP contribution >= 0.6 is 15.9 Å². The van der Waals surface area contributed by atoms with E-state index in [0.717, 1.165) is 11.0 Å². The molecule has 1 heterocycles. The summed E-state index contributed by atoms with van der Waals surface area (Å²) in [6.45, 7) is 1.80. The van der Waals surface area contributed by atoms with Crippen molar-refractivity contribution in [1.82, 2.24) is 5.32 Å². The molecule has 3 aromatic rings. The van der Waals surface area contributed by atoms with E-state index < -0.39 is 11.7 Å². The van der Waals surface area contributed by atoms with Crippen molar-refractivity contribution in [1.29, 1.82) is 0 Å². The molecule has 22 heavy (non-hydrogen) atoms. The summed E-state index contributed by atoms with van der Waals surface area (Å²) >= 11 is 3.17. The smallest absolute Gasteiger partial charge is 0.254 e. The fraction of sp³-hybridized carbons (Fsp3) is 0.118. The molecule has 5 heteroatoms. The van der Waals surface area contributed by atoms with E-state index in [1.54, 1.807) is 13.0 Å². The van der Waals surface area contributed by atoms with Gasteiger partial charge in [0.05, 0.1) is 11.6 Å². The topological polar surface area (TPSA) is 42.2 Å². The lowest BCUT2D eigenvalue weighted by molar-refractivity contribution is 0.0931. The number of furan rings is 1. The quantitative estimate of drug-likeness (QED) is 0.726. The minimum atomic E-state index is -0.566. The first kappa shape index (κ1) is 14.8. The highest BCUT2D eigenvalue weighted by Gasteiger charge is 2.17. The Balaban J connectivity index is 1.81. The number of hydrogen-bond acceptors (Lipinski definition) is 2. The summed E-state index contributed by atoms with van der Waals surface area (Å²) in [6.07, 6.45) is 0. The van der Waals surface area contributed by atoms with Crippen molar-refractivity contribution >= 4 is 32.8 Å². The molecule has 0 aliphatic carbocycles. The summed E-state index contributed by atoms with van der Waals surface area (Å²) in [5.41, 5.74) is 0.764. The number of fused-ring (bicyclic) bond motifs is 1. The third-order valence-electron chi connectivity index (χ3n) is 3.39. The second kappa shape index (κ2) is 5.93. The van der Waals surface area contributed by atoms with Crippen molar-refractivity contribution in [3.63, 3.8) is 0 Å². The zero-order valence-electron chi connectivity index (χ0n) is 11.8. The predicted molar refractivity (Wildman–Crippen MR) is 86.2 cm³/mol. The number of para-hydroxylation sites is 1. The van der Waals surface area contributed by atoms with Gasteiger partial charge in [-0.1, -0.05) is 34.1 Å². The van der Waals surface area contributed by atoms with Crippen LogP contribution in [0.4, 0.5) is 4.39 Å². The van der Waals surface area contributed by atoms with Crippen molar-refractivity contribution in [3.8, 4) is 0 Å². The van der Waals surface area contributed by atoms with Crippen LogP contribution in [0.1, 0.15) is 29.1 Å². The van der Waals surface area contributed by atoms with Crippen molar-refractivity contribution in [3.05, 3.63) is 70.1 Å². The molecular formula is C17H13BrFNO2. The number of hydrogen-bond donors (Lipinski definition) is 1. The lowest BCUT2D eigenvalue weighted by atomic mass is 10.1. The summed E-state index contributed by atoms with van der Waals surface area (Å²) in [4.78, 5) is 12.2. The van der Waals surface area contributed by atoms with E-state index in [1.165, 1.54) is 12.1 Å². The van der Waals surface area contributed by atoms with Crippen molar-refractivity contribution in [2.75, 3.05) is 0 Å².